The number of carbonyl (C=O) groups is 1. The molecule has 0 amide bonds. The number of hydrogen-bond donors (Lipinski definition) is 0. The Morgan fingerprint density at radius 2 is 0.875 bits per heavy atom. The third-order valence-electron chi connectivity index (χ3n) is 15.2. The summed E-state index contributed by atoms with van der Waals surface area (Å²) in [7, 11) is -1.20. The monoisotopic (exact) mass is 760 g/mol. The molecule has 0 radical (unpaired) electrons. The van der Waals surface area contributed by atoms with E-state index in [9.17, 15) is 9.36 Å². The zero-order chi connectivity index (χ0) is 37.4. The summed E-state index contributed by atoms with van der Waals surface area (Å²) >= 11 is 0. The van der Waals surface area contributed by atoms with Crippen LogP contribution in [0.4, 0.5) is 0 Å². The SMILES string of the molecule is CCOC(=O)COc1c2c(c(OP(=O)(OC)OC)c3c1C1CC3c3cc4c(cc31)C1CC4c3ccccc31)C1CC2c2cc3c(cc21)C1CC3c2ccccc21. The zero-order valence-corrected chi connectivity index (χ0v) is 32.5. The van der Waals surface area contributed by atoms with Crippen LogP contribution in [0, 0.1) is 0 Å². The smallest absolute Gasteiger partial charge is 0.481 e. The summed E-state index contributed by atoms with van der Waals surface area (Å²) in [5.74, 6) is 2.81. The van der Waals surface area contributed by atoms with Gasteiger partial charge in [-0.3, -0.25) is 9.05 Å². The van der Waals surface area contributed by atoms with E-state index in [2.05, 4.69) is 72.8 Å². The predicted molar refractivity (Wildman–Crippen MR) is 210 cm³/mol. The molecule has 5 aromatic carbocycles. The third kappa shape index (κ3) is 3.88. The van der Waals surface area contributed by atoms with Crippen LogP contribution >= 0.6 is 7.82 Å². The van der Waals surface area contributed by atoms with E-state index in [1.165, 1.54) is 81.0 Å². The Kier molecular flexibility index (Phi) is 6.39. The van der Waals surface area contributed by atoms with E-state index in [0.29, 0.717) is 29.4 Å². The van der Waals surface area contributed by atoms with Crippen molar-refractivity contribution in [1.82, 2.24) is 0 Å². The van der Waals surface area contributed by atoms with Gasteiger partial charge in [-0.1, -0.05) is 72.8 Å². The Balaban J connectivity index is 1.02. The van der Waals surface area contributed by atoms with Gasteiger partial charge in [-0.05, 0) is 99.4 Å². The largest absolute Gasteiger partial charge is 0.529 e. The van der Waals surface area contributed by atoms with Crippen molar-refractivity contribution < 1.29 is 32.4 Å². The minimum Gasteiger partial charge on any atom is -0.481 e. The molecule has 0 saturated heterocycles. The average molecular weight is 761 g/mol. The number of ether oxygens (including phenoxy) is 2. The quantitative estimate of drug-likeness (QED) is 0.115. The van der Waals surface area contributed by atoms with Crippen molar-refractivity contribution in [3.05, 3.63) is 162 Å². The highest BCUT2D eigenvalue weighted by Gasteiger charge is 2.56. The molecule has 0 saturated carbocycles. The lowest BCUT2D eigenvalue weighted by Gasteiger charge is -2.33. The molecule has 7 nitrogen and oxygen atoms in total. The summed E-state index contributed by atoms with van der Waals surface area (Å²) in [6, 6.07) is 27.9. The van der Waals surface area contributed by atoms with E-state index in [0.717, 1.165) is 53.7 Å². The van der Waals surface area contributed by atoms with Crippen LogP contribution in [0.2, 0.25) is 0 Å². The molecule has 8 unspecified atom stereocenters. The Bertz CT molecular complexity index is 2530. The van der Waals surface area contributed by atoms with Gasteiger partial charge in [0.25, 0.3) is 0 Å². The maximum Gasteiger partial charge on any atom is 0.529 e. The number of carbonyl (C=O) groups excluding carboxylic acids is 1. The number of benzene rings is 5. The molecule has 8 atom stereocenters. The second-order valence-electron chi connectivity index (χ2n) is 17.2. The second kappa shape index (κ2) is 11.0. The van der Waals surface area contributed by atoms with Gasteiger partial charge in [-0.2, -0.15) is 0 Å². The summed E-state index contributed by atoms with van der Waals surface area (Å²) in [4.78, 5) is 13.0. The van der Waals surface area contributed by atoms with Crippen LogP contribution in [0.5, 0.6) is 11.5 Å². The van der Waals surface area contributed by atoms with Crippen molar-refractivity contribution in [2.75, 3.05) is 27.4 Å². The van der Waals surface area contributed by atoms with Crippen molar-refractivity contribution in [2.24, 2.45) is 0 Å². The predicted octanol–water partition coefficient (Wildman–Crippen LogP) is 10.3. The molecule has 0 N–H and O–H groups in total. The first-order valence-electron chi connectivity index (χ1n) is 20.4. The van der Waals surface area contributed by atoms with Crippen molar-refractivity contribution in [3.8, 4) is 11.5 Å². The molecule has 0 aromatic heterocycles. The Labute approximate surface area is 325 Å². The highest BCUT2D eigenvalue weighted by Crippen LogP contribution is 2.72. The fourth-order valence-corrected chi connectivity index (χ4v) is 14.0. The highest BCUT2D eigenvalue weighted by molar-refractivity contribution is 7.48. The normalized spacial score (nSPS) is 27.3. The molecule has 56 heavy (non-hydrogen) atoms. The fraction of sp³-hybridized carbons (Fsp3) is 0.354. The van der Waals surface area contributed by atoms with Crippen LogP contribution in [0.15, 0.2) is 72.8 Å². The van der Waals surface area contributed by atoms with E-state index in [1.54, 1.807) is 0 Å². The summed E-state index contributed by atoms with van der Waals surface area (Å²) in [6.07, 6.45) is 3.99. The molecule has 0 spiro atoms. The molecule has 8 bridgehead atoms. The maximum absolute atomic E-state index is 14.1. The molecular weight excluding hydrogens is 719 g/mol. The van der Waals surface area contributed by atoms with Gasteiger partial charge in [0, 0.05) is 83.8 Å². The molecule has 8 heteroatoms. The van der Waals surface area contributed by atoms with Gasteiger partial charge in [0.1, 0.15) is 11.5 Å². The van der Waals surface area contributed by atoms with Crippen molar-refractivity contribution >= 4 is 13.8 Å². The number of phosphoric acid groups is 1. The molecule has 13 rings (SSSR count). The van der Waals surface area contributed by atoms with E-state index >= 15 is 0 Å². The zero-order valence-electron chi connectivity index (χ0n) is 31.6. The average Bonchev–Trinajstić information content (AvgIpc) is 4.11. The molecule has 8 aliphatic carbocycles. The number of rotatable bonds is 8. The number of fused-ring (bicyclic) bond motifs is 32. The molecular formula is C48H41O7P. The van der Waals surface area contributed by atoms with Crippen LogP contribution in [0.3, 0.4) is 0 Å². The van der Waals surface area contributed by atoms with E-state index in [-0.39, 0.29) is 42.9 Å². The standard InChI is InChI=1S/C48H41O7P/c1-4-53-42(49)21-54-47-43-38-19-40(36-17-32-28-13-26(30(32)15-34(36)38)22-9-5-7-11-24(22)28)45(43)48(55-56(50,51-2)52-3)46-41-20-39(44(46)47)35-16-31-27-14-29(33(31)18-37(35)41)25-12-8-6-10-23(25)27/h5-12,15-18,26-29,38-41H,4,13-14,19-21H2,1-3H3. The van der Waals surface area contributed by atoms with Gasteiger partial charge in [0.15, 0.2) is 6.61 Å². The van der Waals surface area contributed by atoms with Crippen LogP contribution < -0.4 is 9.26 Å². The Morgan fingerprint density at radius 1 is 0.536 bits per heavy atom. The fourth-order valence-electron chi connectivity index (χ4n) is 13.3. The lowest BCUT2D eigenvalue weighted by molar-refractivity contribution is -0.145. The van der Waals surface area contributed by atoms with Gasteiger partial charge < -0.3 is 14.0 Å². The van der Waals surface area contributed by atoms with Crippen LogP contribution in [-0.2, 0) is 23.1 Å². The number of hydrogen-bond acceptors (Lipinski definition) is 7. The van der Waals surface area contributed by atoms with Crippen molar-refractivity contribution in [2.45, 2.75) is 80.0 Å². The summed E-state index contributed by atoms with van der Waals surface area (Å²) in [5, 5.41) is 0. The van der Waals surface area contributed by atoms with E-state index in [4.69, 9.17) is 23.0 Å². The van der Waals surface area contributed by atoms with Gasteiger partial charge in [0.05, 0.1) is 6.61 Å². The molecule has 0 aliphatic heterocycles. The van der Waals surface area contributed by atoms with E-state index in [1.807, 2.05) is 6.92 Å². The Hall–Kier alpha value is -4.68. The Morgan fingerprint density at radius 3 is 1.23 bits per heavy atom. The first-order valence-corrected chi connectivity index (χ1v) is 21.8. The van der Waals surface area contributed by atoms with Gasteiger partial charge >= 0.3 is 13.8 Å². The lowest BCUT2D eigenvalue weighted by Crippen LogP contribution is -2.20. The molecule has 5 aromatic rings. The van der Waals surface area contributed by atoms with Crippen LogP contribution in [0.25, 0.3) is 0 Å². The minimum absolute atomic E-state index is 0.0166. The first-order chi connectivity index (χ1) is 27.4. The summed E-state index contributed by atoms with van der Waals surface area (Å²) in [5.41, 5.74) is 21.1. The van der Waals surface area contributed by atoms with Gasteiger partial charge in [-0.15, -0.1) is 0 Å². The summed E-state index contributed by atoms with van der Waals surface area (Å²) < 4.78 is 44.1. The second-order valence-corrected chi connectivity index (χ2v) is 19.0. The van der Waals surface area contributed by atoms with Gasteiger partial charge in [-0.25, -0.2) is 9.36 Å². The van der Waals surface area contributed by atoms with Crippen LogP contribution in [-0.4, -0.2) is 33.4 Å². The molecule has 0 heterocycles. The lowest BCUT2D eigenvalue weighted by atomic mass is 9.74. The van der Waals surface area contributed by atoms with Crippen LogP contribution in [0.1, 0.15) is 169 Å². The highest BCUT2D eigenvalue weighted by atomic mass is 31.2. The van der Waals surface area contributed by atoms with Crippen molar-refractivity contribution in [3.63, 3.8) is 0 Å². The number of phosphoric ester groups is 1. The topological polar surface area (TPSA) is 80.3 Å². The number of esters is 1. The first kappa shape index (κ1) is 32.4. The van der Waals surface area contributed by atoms with E-state index < -0.39 is 7.82 Å². The van der Waals surface area contributed by atoms with Crippen molar-refractivity contribution in [1.29, 1.82) is 0 Å². The molecule has 8 aliphatic rings. The maximum atomic E-state index is 14.1. The molecule has 280 valence electrons. The van der Waals surface area contributed by atoms with Gasteiger partial charge in [0.2, 0.25) is 0 Å². The third-order valence-corrected chi connectivity index (χ3v) is 16.5. The summed E-state index contributed by atoms with van der Waals surface area (Å²) in [6.45, 7) is 1.94. The minimum atomic E-state index is -3.97. The molecule has 0 fully saturated rings.